The highest BCUT2D eigenvalue weighted by Gasteiger charge is 2.17. The van der Waals surface area contributed by atoms with Gasteiger partial charge in [-0.15, -0.1) is 0 Å². The lowest BCUT2D eigenvalue weighted by Gasteiger charge is -2.07. The van der Waals surface area contributed by atoms with Gasteiger partial charge in [0, 0.05) is 0 Å². The van der Waals surface area contributed by atoms with E-state index in [4.69, 9.17) is 10.8 Å². The molecule has 0 fully saturated rings. The van der Waals surface area contributed by atoms with Gasteiger partial charge in [-0.1, -0.05) is 5.16 Å². The quantitative estimate of drug-likeness (QED) is 0.596. The number of anilines is 1. The summed E-state index contributed by atoms with van der Waals surface area (Å²) in [6.07, 6.45) is 2.08. The van der Waals surface area contributed by atoms with Gasteiger partial charge in [0.25, 0.3) is 0 Å². The fourth-order valence-corrected chi connectivity index (χ4v) is 0.782. The summed E-state index contributed by atoms with van der Waals surface area (Å²) in [7, 11) is 0. The molecule has 0 saturated carbocycles. The Balaban J connectivity index is 2.46. The molecule has 1 unspecified atom stereocenters. The third-order valence-corrected chi connectivity index (χ3v) is 1.43. The van der Waals surface area contributed by atoms with Crippen molar-refractivity contribution in [2.24, 2.45) is 5.73 Å². The van der Waals surface area contributed by atoms with Crippen LogP contribution in [0.1, 0.15) is 6.42 Å². The first-order valence-corrected chi connectivity index (χ1v) is 3.77. The van der Waals surface area contributed by atoms with Crippen LogP contribution in [0, 0.1) is 0 Å². The first kappa shape index (κ1) is 10.2. The number of carboxylic acids is 1. The summed E-state index contributed by atoms with van der Waals surface area (Å²) >= 11 is 0. The van der Waals surface area contributed by atoms with Crippen LogP contribution >= 0.6 is 0 Å². The lowest BCUT2D eigenvalue weighted by atomic mass is 10.2. The van der Waals surface area contributed by atoms with Gasteiger partial charge < -0.3 is 20.7 Å². The fraction of sp³-hybridized carbons (Fsp3) is 0.286. The Labute approximate surface area is 78.9 Å². The number of carbonyl (C=O) groups excluding carboxylic acids is 1. The van der Waals surface area contributed by atoms with Crippen LogP contribution in [0.25, 0.3) is 0 Å². The van der Waals surface area contributed by atoms with Gasteiger partial charge in [-0.25, -0.2) is 0 Å². The predicted octanol–water partition coefficient (Wildman–Crippen LogP) is -0.585. The van der Waals surface area contributed by atoms with Crippen LogP contribution in [-0.2, 0) is 9.59 Å². The molecule has 14 heavy (non-hydrogen) atoms. The minimum absolute atomic E-state index is 0.343. The normalized spacial score (nSPS) is 12.1. The Kier molecular flexibility index (Phi) is 3.19. The van der Waals surface area contributed by atoms with Gasteiger partial charge >= 0.3 is 5.97 Å². The molecule has 1 atom stereocenters. The number of aromatic nitrogens is 1. The molecular weight excluding hydrogens is 190 g/mol. The van der Waals surface area contributed by atoms with Crippen molar-refractivity contribution in [3.8, 4) is 0 Å². The van der Waals surface area contributed by atoms with Crippen LogP contribution in [0.15, 0.2) is 17.0 Å². The van der Waals surface area contributed by atoms with Crippen molar-refractivity contribution >= 4 is 17.6 Å². The predicted molar refractivity (Wildman–Crippen MR) is 45.4 cm³/mol. The highest BCUT2D eigenvalue weighted by atomic mass is 16.5. The maximum atomic E-state index is 11.2. The first-order chi connectivity index (χ1) is 6.59. The summed E-state index contributed by atoms with van der Waals surface area (Å²) in [5.74, 6) is -1.71. The van der Waals surface area contributed by atoms with Gasteiger partial charge in [0.05, 0.1) is 18.7 Å². The summed E-state index contributed by atoms with van der Waals surface area (Å²) in [4.78, 5) is 21.4. The summed E-state index contributed by atoms with van der Waals surface area (Å²) in [5.41, 5.74) is 5.63. The lowest BCUT2D eigenvalue weighted by Crippen LogP contribution is -2.37. The monoisotopic (exact) mass is 199 g/mol. The third kappa shape index (κ3) is 2.87. The lowest BCUT2D eigenvalue weighted by molar-refractivity contribution is -0.138. The van der Waals surface area contributed by atoms with Crippen molar-refractivity contribution in [2.75, 3.05) is 5.32 Å². The second kappa shape index (κ2) is 4.38. The molecule has 1 aromatic rings. The van der Waals surface area contributed by atoms with Crippen molar-refractivity contribution in [2.45, 2.75) is 12.5 Å². The van der Waals surface area contributed by atoms with Crippen LogP contribution in [0.5, 0.6) is 0 Å². The molecule has 0 aliphatic heterocycles. The minimum atomic E-state index is -1.13. The number of hydrogen-bond acceptors (Lipinski definition) is 5. The first-order valence-electron chi connectivity index (χ1n) is 3.77. The molecule has 4 N–H and O–H groups in total. The third-order valence-electron chi connectivity index (χ3n) is 1.43. The van der Waals surface area contributed by atoms with E-state index in [9.17, 15) is 9.59 Å². The number of carboxylic acid groups (broad SMARTS) is 1. The molecule has 1 rings (SSSR count). The molecule has 1 heterocycles. The molecule has 0 radical (unpaired) electrons. The molecule has 7 nitrogen and oxygen atoms in total. The zero-order chi connectivity index (χ0) is 10.6. The smallest absolute Gasteiger partial charge is 0.305 e. The van der Waals surface area contributed by atoms with Crippen molar-refractivity contribution < 1.29 is 19.2 Å². The van der Waals surface area contributed by atoms with E-state index in [1.165, 1.54) is 12.5 Å². The average Bonchev–Trinajstić information content (AvgIpc) is 2.55. The number of rotatable bonds is 4. The largest absolute Gasteiger partial charge is 0.481 e. The Morgan fingerprint density at radius 2 is 2.43 bits per heavy atom. The Hall–Kier alpha value is -1.89. The molecule has 0 bridgehead atoms. The van der Waals surface area contributed by atoms with E-state index in [-0.39, 0.29) is 0 Å². The molecule has 0 aliphatic rings. The fourth-order valence-electron chi connectivity index (χ4n) is 0.782. The summed E-state index contributed by atoms with van der Waals surface area (Å²) in [6.45, 7) is 0. The highest BCUT2D eigenvalue weighted by molar-refractivity contribution is 5.96. The van der Waals surface area contributed by atoms with Crippen molar-refractivity contribution in [1.82, 2.24) is 5.16 Å². The van der Waals surface area contributed by atoms with E-state index < -0.39 is 24.3 Å². The van der Waals surface area contributed by atoms with E-state index in [1.807, 2.05) is 0 Å². The van der Waals surface area contributed by atoms with Crippen LogP contribution < -0.4 is 11.1 Å². The number of hydrogen-bond donors (Lipinski definition) is 3. The molecule has 1 aromatic heterocycles. The number of nitrogens with zero attached hydrogens (tertiary/aromatic N) is 1. The molecule has 0 aromatic carbocycles. The minimum Gasteiger partial charge on any atom is -0.481 e. The zero-order valence-corrected chi connectivity index (χ0v) is 7.14. The number of nitrogens with two attached hydrogens (primary N) is 1. The Morgan fingerprint density at radius 1 is 1.71 bits per heavy atom. The average molecular weight is 199 g/mol. The van der Waals surface area contributed by atoms with Gasteiger partial charge in [-0.3, -0.25) is 9.59 Å². The molecule has 0 saturated heterocycles. The second-order valence-corrected chi connectivity index (χ2v) is 2.61. The molecule has 0 spiro atoms. The second-order valence-electron chi connectivity index (χ2n) is 2.61. The van der Waals surface area contributed by atoms with Crippen LogP contribution in [0.2, 0.25) is 0 Å². The number of carbonyl (C=O) groups is 2. The van der Waals surface area contributed by atoms with Gasteiger partial charge in [-0.05, 0) is 0 Å². The topological polar surface area (TPSA) is 118 Å². The highest BCUT2D eigenvalue weighted by Crippen LogP contribution is 2.04. The summed E-state index contributed by atoms with van der Waals surface area (Å²) in [6, 6.07) is -1.08. The number of amides is 1. The van der Waals surface area contributed by atoms with Crippen LogP contribution in [0.4, 0.5) is 5.69 Å². The Bertz CT molecular complexity index is 322. The van der Waals surface area contributed by atoms with E-state index in [2.05, 4.69) is 15.0 Å². The molecule has 0 aliphatic carbocycles. The number of nitrogens with one attached hydrogen (secondary N) is 1. The molecular formula is C7H9N3O4. The SMILES string of the molecule is NC(CC(=O)O)C(=O)Nc1cnoc1. The summed E-state index contributed by atoms with van der Waals surface area (Å²) in [5, 5.41) is 14.1. The summed E-state index contributed by atoms with van der Waals surface area (Å²) < 4.78 is 4.45. The van der Waals surface area contributed by atoms with Crippen molar-refractivity contribution in [3.05, 3.63) is 12.5 Å². The molecule has 76 valence electrons. The van der Waals surface area contributed by atoms with Gasteiger partial charge in [0.2, 0.25) is 5.91 Å². The van der Waals surface area contributed by atoms with E-state index in [0.29, 0.717) is 5.69 Å². The molecule has 1 amide bonds. The van der Waals surface area contributed by atoms with Gasteiger partial charge in [0.1, 0.15) is 12.0 Å². The van der Waals surface area contributed by atoms with E-state index in [1.54, 1.807) is 0 Å². The Morgan fingerprint density at radius 3 is 2.93 bits per heavy atom. The van der Waals surface area contributed by atoms with Gasteiger partial charge in [-0.2, -0.15) is 0 Å². The van der Waals surface area contributed by atoms with Crippen LogP contribution in [0.3, 0.4) is 0 Å². The van der Waals surface area contributed by atoms with Crippen LogP contribution in [-0.4, -0.2) is 28.2 Å². The maximum absolute atomic E-state index is 11.2. The van der Waals surface area contributed by atoms with E-state index in [0.717, 1.165) is 0 Å². The standard InChI is InChI=1S/C7H9N3O4/c8-5(1-6(11)12)7(13)10-4-2-9-14-3-4/h2-3,5H,1,8H2,(H,10,13)(H,11,12). The molecule has 7 heteroatoms. The number of aliphatic carboxylic acids is 1. The van der Waals surface area contributed by atoms with Crippen molar-refractivity contribution in [3.63, 3.8) is 0 Å². The maximum Gasteiger partial charge on any atom is 0.305 e. The van der Waals surface area contributed by atoms with E-state index >= 15 is 0 Å². The van der Waals surface area contributed by atoms with Gasteiger partial charge in [0.15, 0.2) is 0 Å². The van der Waals surface area contributed by atoms with Crippen molar-refractivity contribution in [1.29, 1.82) is 0 Å². The zero-order valence-electron chi connectivity index (χ0n) is 7.14.